The molecule has 0 radical (unpaired) electrons. The summed E-state index contributed by atoms with van der Waals surface area (Å²) < 4.78 is 28.7. The zero-order valence-electron chi connectivity index (χ0n) is 14.8. The monoisotopic (exact) mass is 352 g/mol. The highest BCUT2D eigenvalue weighted by molar-refractivity contribution is 7.54. The third kappa shape index (κ3) is 6.39. The molecule has 1 amide bonds. The lowest BCUT2D eigenvalue weighted by molar-refractivity contribution is -0.133. The Hall–Kier alpha value is -0.660. The van der Waals surface area contributed by atoms with Gasteiger partial charge in [0.25, 0.3) is 0 Å². The zero-order valence-corrected chi connectivity index (χ0v) is 15.7. The van der Waals surface area contributed by atoms with Crippen LogP contribution < -0.4 is 5.32 Å². The van der Waals surface area contributed by atoms with E-state index in [1.165, 1.54) is 5.06 Å². The Morgan fingerprint density at radius 2 is 1.87 bits per heavy atom. The Morgan fingerprint density at radius 3 is 2.35 bits per heavy atom. The molecule has 0 bridgehead atoms. The molecule has 0 aliphatic carbocycles. The number of carbonyl (C=O) groups excluding carboxylic acids is 1. The summed E-state index contributed by atoms with van der Waals surface area (Å²) >= 11 is 0. The molecule has 2 atom stereocenters. The second kappa shape index (κ2) is 8.44. The van der Waals surface area contributed by atoms with Crippen molar-refractivity contribution in [3.05, 3.63) is 0 Å². The Labute approximate surface area is 138 Å². The highest BCUT2D eigenvalue weighted by Crippen LogP contribution is 2.57. The van der Waals surface area contributed by atoms with Gasteiger partial charge in [0, 0.05) is 20.0 Å². The van der Waals surface area contributed by atoms with E-state index >= 15 is 0 Å². The normalized spacial score (nSPS) is 23.0. The van der Waals surface area contributed by atoms with E-state index in [-0.39, 0.29) is 12.6 Å². The molecule has 1 fully saturated rings. The highest BCUT2D eigenvalue weighted by Gasteiger charge is 2.46. The van der Waals surface area contributed by atoms with Crippen LogP contribution in [0.25, 0.3) is 0 Å². The van der Waals surface area contributed by atoms with Crippen LogP contribution in [0.1, 0.15) is 41.0 Å². The van der Waals surface area contributed by atoms with E-state index < -0.39 is 25.1 Å². The van der Waals surface area contributed by atoms with Gasteiger partial charge in [0.05, 0.1) is 19.3 Å². The van der Waals surface area contributed by atoms with Crippen LogP contribution in [0.4, 0.5) is 4.79 Å². The van der Waals surface area contributed by atoms with Crippen molar-refractivity contribution in [2.45, 2.75) is 58.5 Å². The third-order valence-electron chi connectivity index (χ3n) is 3.06. The predicted molar refractivity (Wildman–Crippen MR) is 86.1 cm³/mol. The van der Waals surface area contributed by atoms with Crippen LogP contribution in [0.3, 0.4) is 0 Å². The van der Waals surface area contributed by atoms with E-state index in [2.05, 4.69) is 5.32 Å². The molecule has 0 aromatic rings. The number of nitrogens with zero attached hydrogens (tertiary/aromatic N) is 1. The minimum Gasteiger partial charge on any atom is -0.444 e. The second-order valence-corrected chi connectivity index (χ2v) is 8.44. The van der Waals surface area contributed by atoms with Crippen molar-refractivity contribution in [2.24, 2.45) is 0 Å². The van der Waals surface area contributed by atoms with Crippen molar-refractivity contribution in [1.29, 1.82) is 0 Å². The molecule has 136 valence electrons. The molecule has 23 heavy (non-hydrogen) atoms. The minimum atomic E-state index is -3.28. The Kier molecular flexibility index (Phi) is 7.48. The molecular formula is C14H29N2O6P. The number of hydrogen-bond acceptors (Lipinski definition) is 7. The van der Waals surface area contributed by atoms with Crippen LogP contribution in [0.15, 0.2) is 0 Å². The molecule has 1 aliphatic rings. The van der Waals surface area contributed by atoms with Gasteiger partial charge in [0.15, 0.2) is 0 Å². The van der Waals surface area contributed by atoms with Crippen LogP contribution in [0.2, 0.25) is 0 Å². The second-order valence-electron chi connectivity index (χ2n) is 6.25. The zero-order chi connectivity index (χ0) is 17.7. The average molecular weight is 352 g/mol. The van der Waals surface area contributed by atoms with Crippen molar-refractivity contribution in [3.8, 4) is 0 Å². The average Bonchev–Trinajstić information content (AvgIpc) is 2.77. The van der Waals surface area contributed by atoms with Gasteiger partial charge in [-0.05, 0) is 34.6 Å². The summed E-state index contributed by atoms with van der Waals surface area (Å²) in [6.45, 7) is 9.76. The predicted octanol–water partition coefficient (Wildman–Crippen LogP) is 2.74. The standard InChI is InChI=1S/C14H29N2O6P/c1-7-19-23(18,20-8-2)12-9-11(22-16(12)6)10-15-13(17)21-14(3,4)5/h11-12H,7-10H2,1-6H3,(H,15,17)/t11-,12-/m0/s1. The van der Waals surface area contributed by atoms with Crippen LogP contribution in [-0.2, 0) is 23.2 Å². The summed E-state index contributed by atoms with van der Waals surface area (Å²) in [5.74, 6) is -0.493. The molecule has 9 heteroatoms. The smallest absolute Gasteiger partial charge is 0.407 e. The first kappa shape index (κ1) is 20.4. The van der Waals surface area contributed by atoms with E-state index in [1.54, 1.807) is 41.7 Å². The first-order valence-corrected chi connectivity index (χ1v) is 9.47. The molecule has 1 N–H and O–H groups in total. The number of amides is 1. The fourth-order valence-corrected chi connectivity index (χ4v) is 4.35. The Balaban J connectivity index is 2.57. The number of rotatable bonds is 7. The van der Waals surface area contributed by atoms with E-state index in [1.807, 2.05) is 0 Å². The number of hydrogen-bond donors (Lipinski definition) is 1. The van der Waals surface area contributed by atoms with Gasteiger partial charge >= 0.3 is 13.7 Å². The first-order chi connectivity index (χ1) is 10.6. The summed E-state index contributed by atoms with van der Waals surface area (Å²) in [4.78, 5) is 17.3. The molecule has 0 saturated carbocycles. The molecule has 0 unspecified atom stereocenters. The van der Waals surface area contributed by atoms with Crippen molar-refractivity contribution in [2.75, 3.05) is 26.8 Å². The Bertz CT molecular complexity index is 429. The quantitative estimate of drug-likeness (QED) is 0.705. The van der Waals surface area contributed by atoms with Crippen LogP contribution in [0, 0.1) is 0 Å². The summed E-state index contributed by atoms with van der Waals surface area (Å²) in [5, 5.41) is 4.15. The van der Waals surface area contributed by atoms with Crippen molar-refractivity contribution in [3.63, 3.8) is 0 Å². The van der Waals surface area contributed by atoms with Gasteiger partial charge in [-0.2, -0.15) is 5.06 Å². The van der Waals surface area contributed by atoms with Crippen LogP contribution in [0.5, 0.6) is 0 Å². The van der Waals surface area contributed by atoms with Crippen molar-refractivity contribution in [1.82, 2.24) is 10.4 Å². The van der Waals surface area contributed by atoms with Gasteiger partial charge in [-0.15, -0.1) is 0 Å². The molecule has 1 heterocycles. The maximum atomic E-state index is 12.8. The van der Waals surface area contributed by atoms with E-state index in [0.717, 1.165) is 0 Å². The molecule has 1 rings (SSSR count). The number of ether oxygens (including phenoxy) is 1. The van der Waals surface area contributed by atoms with E-state index in [4.69, 9.17) is 18.6 Å². The number of hydroxylamine groups is 2. The minimum absolute atomic E-state index is 0.258. The lowest BCUT2D eigenvalue weighted by Gasteiger charge is -2.25. The fraction of sp³-hybridized carbons (Fsp3) is 0.929. The number of carbonyl (C=O) groups is 1. The topological polar surface area (TPSA) is 86.3 Å². The maximum Gasteiger partial charge on any atom is 0.407 e. The van der Waals surface area contributed by atoms with Gasteiger partial charge in [0.2, 0.25) is 0 Å². The summed E-state index contributed by atoms with van der Waals surface area (Å²) in [7, 11) is -1.60. The first-order valence-electron chi connectivity index (χ1n) is 7.86. The largest absolute Gasteiger partial charge is 0.444 e. The molecule has 8 nitrogen and oxygen atoms in total. The lowest BCUT2D eigenvalue weighted by Crippen LogP contribution is -2.37. The molecular weight excluding hydrogens is 323 g/mol. The molecule has 0 aromatic heterocycles. The third-order valence-corrected chi connectivity index (χ3v) is 5.57. The number of alkyl carbamates (subject to hydrolysis) is 1. The van der Waals surface area contributed by atoms with Crippen LogP contribution in [-0.4, -0.2) is 55.5 Å². The molecule has 0 aromatic carbocycles. The van der Waals surface area contributed by atoms with Gasteiger partial charge in [-0.1, -0.05) is 0 Å². The summed E-state index contributed by atoms with van der Waals surface area (Å²) in [6, 6.07) is 0. The molecule has 1 aliphatic heterocycles. The Morgan fingerprint density at radius 1 is 1.30 bits per heavy atom. The van der Waals surface area contributed by atoms with Crippen molar-refractivity contribution < 1.29 is 28.0 Å². The maximum absolute atomic E-state index is 12.8. The van der Waals surface area contributed by atoms with Crippen molar-refractivity contribution >= 4 is 13.7 Å². The highest BCUT2D eigenvalue weighted by atomic mass is 31.2. The molecule has 1 saturated heterocycles. The van der Waals surface area contributed by atoms with Gasteiger partial charge in [-0.25, -0.2) is 4.79 Å². The van der Waals surface area contributed by atoms with Gasteiger partial charge in [-0.3, -0.25) is 9.40 Å². The fourth-order valence-electron chi connectivity index (χ4n) is 2.26. The van der Waals surface area contributed by atoms with Crippen LogP contribution >= 0.6 is 7.60 Å². The number of nitrogens with one attached hydrogen (secondary N) is 1. The summed E-state index contributed by atoms with van der Waals surface area (Å²) in [5.41, 5.74) is -0.556. The van der Waals surface area contributed by atoms with Gasteiger partial charge in [0.1, 0.15) is 11.4 Å². The summed E-state index contributed by atoms with van der Waals surface area (Å²) in [6.07, 6.45) is -0.388. The van der Waals surface area contributed by atoms with E-state index in [0.29, 0.717) is 19.6 Å². The van der Waals surface area contributed by atoms with Gasteiger partial charge < -0.3 is 19.1 Å². The molecule has 0 spiro atoms. The SMILES string of the molecule is CCOP(=O)(OCC)[C@H]1C[C@@H](CNC(=O)OC(C)(C)C)ON1C. The van der Waals surface area contributed by atoms with E-state index in [9.17, 15) is 9.36 Å². The lowest BCUT2D eigenvalue weighted by atomic mass is 10.2.